The summed E-state index contributed by atoms with van der Waals surface area (Å²) in [6.45, 7) is 6.62. The zero-order chi connectivity index (χ0) is 48.9. The van der Waals surface area contributed by atoms with Gasteiger partial charge in [-0.2, -0.15) is 0 Å². The molecular weight excluding hydrogens is 925 g/mol. The molecule has 0 spiro atoms. The summed E-state index contributed by atoms with van der Waals surface area (Å²) in [6.07, 6.45) is 12.7. The summed E-state index contributed by atoms with van der Waals surface area (Å²) in [7, 11) is 0. The van der Waals surface area contributed by atoms with Crippen LogP contribution >= 0.6 is 0 Å². The Morgan fingerprint density at radius 2 is 0.845 bits per heavy atom. The monoisotopic (exact) mass is 992 g/mol. The van der Waals surface area contributed by atoms with Crippen molar-refractivity contribution in [3.05, 3.63) is 145 Å². The first-order valence-corrected chi connectivity index (χ1v) is 25.1. The van der Waals surface area contributed by atoms with E-state index in [1.54, 1.807) is 0 Å². The molecule has 0 N–H and O–H groups in total. The van der Waals surface area contributed by atoms with E-state index in [1.807, 2.05) is 60.7 Å². The second-order valence-electron chi connectivity index (χ2n) is 18.6. The maximum Gasteiger partial charge on any atom is 2.00 e. The van der Waals surface area contributed by atoms with Crippen LogP contribution in [0.1, 0.15) is 75.3 Å². The van der Waals surface area contributed by atoms with Gasteiger partial charge in [0.05, 0.1) is 63.9 Å². The summed E-state index contributed by atoms with van der Waals surface area (Å²) < 4.78 is 23.7. The van der Waals surface area contributed by atoms with Crippen molar-refractivity contribution >= 4 is 61.2 Å². The van der Waals surface area contributed by atoms with E-state index in [0.29, 0.717) is 65.3 Å². The van der Waals surface area contributed by atoms with Gasteiger partial charge in [-0.05, 0) is 84.7 Å². The number of rotatable bonds is 22. The third-order valence-electron chi connectivity index (χ3n) is 13.9. The van der Waals surface area contributed by atoms with Crippen LogP contribution in [-0.4, -0.2) is 148 Å². The third kappa shape index (κ3) is 17.4. The van der Waals surface area contributed by atoms with Crippen molar-refractivity contribution in [2.45, 2.75) is 102 Å². The Kier molecular flexibility index (Phi) is 23.6. The van der Waals surface area contributed by atoms with Gasteiger partial charge in [0.25, 0.3) is 0 Å². The third-order valence-corrected chi connectivity index (χ3v) is 13.9. The van der Waals surface area contributed by atoms with E-state index in [-0.39, 0.29) is 98.3 Å². The van der Waals surface area contributed by atoms with Crippen molar-refractivity contribution in [1.82, 2.24) is 9.80 Å². The average Bonchev–Trinajstić information content (AvgIpc) is 3.89. The van der Waals surface area contributed by atoms with Gasteiger partial charge >= 0.3 is 37.7 Å². The molecule has 12 nitrogen and oxygen atoms in total. The van der Waals surface area contributed by atoms with Gasteiger partial charge in [-0.3, -0.25) is 19.4 Å². The SMILES string of the molecule is O=C([O-])CCC=CCCC1C(OCc2ccc(-c3ccccc3)cc2)CC(=O)C1N1CCOCC1.O=C([O-])CCC=CCCC1C(OCc2ccc(-c3ccccc3)cc2)CC(=O)C1N1CCOCC1.[Ca+2]. The Labute approximate surface area is 449 Å². The minimum atomic E-state index is -1.03. The molecule has 4 aliphatic rings. The molecule has 2 aliphatic carbocycles. The fourth-order valence-corrected chi connectivity index (χ4v) is 10.2. The van der Waals surface area contributed by atoms with Crippen molar-refractivity contribution in [3.8, 4) is 22.3 Å². The predicted molar refractivity (Wildman–Crippen MR) is 270 cm³/mol. The van der Waals surface area contributed by atoms with Crippen LogP contribution in [0.5, 0.6) is 0 Å². The standard InChI is InChI=1S/2C29H35NO5.Ca/c2*31-26-20-27(35-21-22-12-14-24(15-13-22)23-8-4-3-5-9-23)25(10-6-1-2-7-11-28(32)33)29(26)30-16-18-34-19-17-30;/h2*1-5,8-9,12-15,25,27,29H,6-7,10-11,16-21H2,(H,32,33);/q;;+2/p-2. The molecule has 8 rings (SSSR count). The topological polar surface area (TPSA) is 158 Å². The van der Waals surface area contributed by atoms with Crippen molar-refractivity contribution in [2.75, 3.05) is 52.6 Å². The number of morpholine rings is 2. The zero-order valence-corrected chi connectivity index (χ0v) is 43.2. The second-order valence-corrected chi connectivity index (χ2v) is 18.6. The Hall–Kier alpha value is -4.34. The molecule has 2 saturated heterocycles. The molecule has 0 amide bonds. The fourth-order valence-electron chi connectivity index (χ4n) is 10.2. The number of carboxylic acids is 2. The Morgan fingerprint density at radius 3 is 1.20 bits per heavy atom. The van der Waals surface area contributed by atoms with Crippen LogP contribution in [0.25, 0.3) is 22.3 Å². The summed E-state index contributed by atoms with van der Waals surface area (Å²) in [5, 5.41) is 21.2. The van der Waals surface area contributed by atoms with E-state index in [2.05, 4.69) is 82.6 Å². The van der Waals surface area contributed by atoms with Crippen molar-refractivity contribution < 1.29 is 48.3 Å². The molecule has 6 unspecified atom stereocenters. The number of hydrogen-bond acceptors (Lipinski definition) is 12. The molecular formula is C58H68CaN2O10. The number of ether oxygens (including phenoxy) is 4. The number of benzene rings is 4. The molecule has 0 bridgehead atoms. The molecule has 6 atom stereocenters. The van der Waals surface area contributed by atoms with Gasteiger partial charge in [-0.15, -0.1) is 0 Å². The molecule has 372 valence electrons. The number of hydrogen-bond donors (Lipinski definition) is 0. The smallest absolute Gasteiger partial charge is 0.550 e. The summed E-state index contributed by atoms with van der Waals surface area (Å²) >= 11 is 0. The number of ketones is 2. The number of Topliss-reactive ketones (excluding diaryl/α,β-unsaturated/α-hetero) is 2. The van der Waals surface area contributed by atoms with Gasteiger partial charge < -0.3 is 38.7 Å². The number of carbonyl (C=O) groups is 4. The normalized spacial score (nSPS) is 22.9. The molecule has 4 fully saturated rings. The Bertz CT molecular complexity index is 2130. The quantitative estimate of drug-likeness (QED) is 0.0631. The van der Waals surface area contributed by atoms with Crippen LogP contribution in [-0.2, 0) is 51.3 Å². The van der Waals surface area contributed by atoms with Gasteiger partial charge in [0.2, 0.25) is 0 Å². The first-order valence-electron chi connectivity index (χ1n) is 25.1. The van der Waals surface area contributed by atoms with Crippen LogP contribution < -0.4 is 10.2 Å². The minimum Gasteiger partial charge on any atom is -0.550 e. The van der Waals surface area contributed by atoms with E-state index >= 15 is 0 Å². The van der Waals surface area contributed by atoms with E-state index < -0.39 is 11.9 Å². The number of carboxylic acid groups (broad SMARTS) is 2. The number of nitrogens with zero attached hydrogens (tertiary/aromatic N) is 2. The molecule has 4 aromatic carbocycles. The van der Waals surface area contributed by atoms with E-state index in [9.17, 15) is 29.4 Å². The van der Waals surface area contributed by atoms with E-state index in [0.717, 1.165) is 63.0 Å². The molecule has 4 aromatic rings. The summed E-state index contributed by atoms with van der Waals surface area (Å²) in [4.78, 5) is 51.9. The maximum atomic E-state index is 13.1. The molecule has 2 aliphatic heterocycles. The largest absolute Gasteiger partial charge is 2.00 e. The van der Waals surface area contributed by atoms with Gasteiger partial charge in [-0.1, -0.05) is 133 Å². The van der Waals surface area contributed by atoms with E-state index in [1.165, 1.54) is 22.3 Å². The molecule has 0 aromatic heterocycles. The Morgan fingerprint density at radius 1 is 0.507 bits per heavy atom. The van der Waals surface area contributed by atoms with Crippen LogP contribution in [0.15, 0.2) is 133 Å². The summed E-state index contributed by atoms with van der Waals surface area (Å²) in [6, 6.07) is 37.1. The molecule has 71 heavy (non-hydrogen) atoms. The van der Waals surface area contributed by atoms with Crippen LogP contribution in [0, 0.1) is 11.8 Å². The number of carbonyl (C=O) groups excluding carboxylic acids is 4. The van der Waals surface area contributed by atoms with Crippen molar-refractivity contribution in [3.63, 3.8) is 0 Å². The first kappa shape index (κ1) is 56.0. The Balaban J connectivity index is 0.000000229. The second kappa shape index (κ2) is 30.0. The van der Waals surface area contributed by atoms with Crippen LogP contribution in [0.3, 0.4) is 0 Å². The minimum absolute atomic E-state index is 0. The molecule has 0 radical (unpaired) electrons. The van der Waals surface area contributed by atoms with Gasteiger partial charge in [-0.25, -0.2) is 0 Å². The summed E-state index contributed by atoms with van der Waals surface area (Å²) in [5.41, 5.74) is 6.88. The molecule has 13 heteroatoms. The van der Waals surface area contributed by atoms with Gasteiger partial charge in [0.15, 0.2) is 11.6 Å². The molecule has 2 saturated carbocycles. The average molecular weight is 993 g/mol. The van der Waals surface area contributed by atoms with Crippen molar-refractivity contribution in [1.29, 1.82) is 0 Å². The molecule has 2 heterocycles. The fraction of sp³-hybridized carbons (Fsp3) is 0.448. The van der Waals surface area contributed by atoms with Crippen LogP contribution in [0.2, 0.25) is 0 Å². The number of aliphatic carboxylic acids is 2. The number of allylic oxidation sites excluding steroid dienone is 4. The first-order chi connectivity index (χ1) is 34.2. The zero-order valence-electron chi connectivity index (χ0n) is 41.0. The van der Waals surface area contributed by atoms with Gasteiger partial charge in [0, 0.05) is 62.8 Å². The summed E-state index contributed by atoms with van der Waals surface area (Å²) in [5.74, 6) is -1.35. The van der Waals surface area contributed by atoms with Gasteiger partial charge in [0.1, 0.15) is 0 Å². The maximum absolute atomic E-state index is 13.1. The van der Waals surface area contributed by atoms with E-state index in [4.69, 9.17) is 18.9 Å². The predicted octanol–water partition coefficient (Wildman–Crippen LogP) is 6.41. The van der Waals surface area contributed by atoms with Crippen LogP contribution in [0.4, 0.5) is 0 Å². The van der Waals surface area contributed by atoms with Crippen molar-refractivity contribution in [2.24, 2.45) is 11.8 Å².